The number of nitrogens with zero attached hydrogens (tertiary/aromatic N) is 5. The van der Waals surface area contributed by atoms with Gasteiger partial charge in [-0.25, -0.2) is 10.8 Å². The number of hydrazine groups is 1. The molecule has 2 aromatic heterocycles. The molecule has 0 aromatic carbocycles. The van der Waals surface area contributed by atoms with Crippen molar-refractivity contribution in [2.45, 2.75) is 19.8 Å². The van der Waals surface area contributed by atoms with Crippen molar-refractivity contribution in [3.05, 3.63) is 18.2 Å². The summed E-state index contributed by atoms with van der Waals surface area (Å²) in [5.41, 5.74) is 2.40. The molecule has 114 valence electrons. The first-order chi connectivity index (χ1) is 10.2. The summed E-state index contributed by atoms with van der Waals surface area (Å²) in [4.78, 5) is 16.6. The van der Waals surface area contributed by atoms with Crippen molar-refractivity contribution in [2.75, 3.05) is 23.9 Å². The van der Waals surface area contributed by atoms with Crippen LogP contribution in [-0.4, -0.2) is 37.7 Å². The fourth-order valence-corrected chi connectivity index (χ4v) is 1.68. The van der Waals surface area contributed by atoms with Gasteiger partial charge in [0.2, 0.25) is 11.9 Å². The Bertz CT molecular complexity index is 570. The van der Waals surface area contributed by atoms with Gasteiger partial charge in [-0.05, 0) is 6.42 Å². The lowest BCUT2D eigenvalue weighted by Gasteiger charge is -2.09. The zero-order valence-electron chi connectivity index (χ0n) is 12.2. The molecule has 0 saturated heterocycles. The van der Waals surface area contributed by atoms with Gasteiger partial charge in [-0.2, -0.15) is 15.0 Å². The van der Waals surface area contributed by atoms with Gasteiger partial charge in [-0.15, -0.1) is 0 Å². The summed E-state index contributed by atoms with van der Waals surface area (Å²) < 4.78 is 7.37. The molecule has 0 aliphatic rings. The number of ether oxygens (including phenoxy) is 1. The first-order valence-corrected chi connectivity index (χ1v) is 6.78. The lowest BCUT2D eigenvalue weighted by molar-refractivity contribution is 0.292. The van der Waals surface area contributed by atoms with Gasteiger partial charge in [0.1, 0.15) is 5.82 Å². The van der Waals surface area contributed by atoms with Crippen LogP contribution < -0.4 is 21.3 Å². The normalized spacial score (nSPS) is 10.4. The Labute approximate surface area is 122 Å². The second kappa shape index (κ2) is 7.39. The average molecular weight is 292 g/mol. The molecule has 0 spiro atoms. The van der Waals surface area contributed by atoms with E-state index in [1.807, 2.05) is 24.7 Å². The number of nitrogens with two attached hydrogens (primary N) is 1. The van der Waals surface area contributed by atoms with E-state index >= 15 is 0 Å². The number of rotatable bonds is 8. The number of imidazole rings is 1. The van der Waals surface area contributed by atoms with Crippen LogP contribution >= 0.6 is 0 Å². The van der Waals surface area contributed by atoms with E-state index < -0.39 is 0 Å². The smallest absolute Gasteiger partial charge is 0.323 e. The maximum atomic E-state index is 5.40. The van der Waals surface area contributed by atoms with E-state index in [0.29, 0.717) is 19.1 Å². The topological polar surface area (TPSA) is 116 Å². The van der Waals surface area contributed by atoms with Gasteiger partial charge in [0.25, 0.3) is 0 Å². The Hall–Kier alpha value is -2.42. The maximum Gasteiger partial charge on any atom is 0.323 e. The van der Waals surface area contributed by atoms with E-state index in [4.69, 9.17) is 10.6 Å². The van der Waals surface area contributed by atoms with Gasteiger partial charge in [-0.1, -0.05) is 6.92 Å². The third-order valence-corrected chi connectivity index (χ3v) is 2.73. The van der Waals surface area contributed by atoms with E-state index in [0.717, 1.165) is 18.7 Å². The van der Waals surface area contributed by atoms with Gasteiger partial charge in [-0.3, -0.25) is 5.43 Å². The number of aryl methyl sites for hydroxylation is 1. The van der Waals surface area contributed by atoms with Crippen molar-refractivity contribution in [1.82, 2.24) is 24.5 Å². The molecule has 2 aromatic rings. The van der Waals surface area contributed by atoms with Crippen LogP contribution in [0.1, 0.15) is 19.2 Å². The summed E-state index contributed by atoms with van der Waals surface area (Å²) in [6.07, 6.45) is 5.31. The second-order valence-electron chi connectivity index (χ2n) is 4.39. The van der Waals surface area contributed by atoms with E-state index in [1.54, 1.807) is 6.20 Å². The van der Waals surface area contributed by atoms with Gasteiger partial charge >= 0.3 is 6.01 Å². The van der Waals surface area contributed by atoms with Crippen molar-refractivity contribution in [2.24, 2.45) is 12.9 Å². The molecule has 9 nitrogen and oxygen atoms in total. The third kappa shape index (κ3) is 4.28. The molecule has 21 heavy (non-hydrogen) atoms. The molecular weight excluding hydrogens is 272 g/mol. The molecular formula is C12H20N8O. The number of nitrogens with one attached hydrogen (secondary N) is 2. The molecule has 0 saturated carbocycles. The van der Waals surface area contributed by atoms with Crippen LogP contribution in [-0.2, 0) is 13.5 Å². The summed E-state index contributed by atoms with van der Waals surface area (Å²) in [7, 11) is 1.96. The number of anilines is 2. The van der Waals surface area contributed by atoms with Crippen LogP contribution in [0.3, 0.4) is 0 Å². The third-order valence-electron chi connectivity index (χ3n) is 2.73. The number of hydrogen-bond acceptors (Lipinski definition) is 8. The van der Waals surface area contributed by atoms with Crippen molar-refractivity contribution < 1.29 is 4.74 Å². The monoisotopic (exact) mass is 292 g/mol. The first-order valence-electron chi connectivity index (χ1n) is 6.78. The Balaban J connectivity index is 1.96. The fourth-order valence-electron chi connectivity index (χ4n) is 1.68. The number of aromatic nitrogens is 5. The Kier molecular flexibility index (Phi) is 5.27. The summed E-state index contributed by atoms with van der Waals surface area (Å²) in [5, 5.41) is 3.11. The van der Waals surface area contributed by atoms with Gasteiger partial charge in [0, 0.05) is 32.4 Å². The number of nitrogen functional groups attached to an aromatic ring is 1. The number of hydrogen-bond donors (Lipinski definition) is 3. The van der Waals surface area contributed by atoms with E-state index in [2.05, 4.69) is 30.7 Å². The molecule has 0 fully saturated rings. The van der Waals surface area contributed by atoms with E-state index in [-0.39, 0.29) is 12.0 Å². The predicted molar refractivity (Wildman–Crippen MR) is 78.8 cm³/mol. The molecule has 0 radical (unpaired) electrons. The highest BCUT2D eigenvalue weighted by Gasteiger charge is 2.07. The molecule has 0 bridgehead atoms. The first kappa shape index (κ1) is 15.0. The Morgan fingerprint density at radius 1 is 1.29 bits per heavy atom. The Morgan fingerprint density at radius 3 is 2.76 bits per heavy atom. The van der Waals surface area contributed by atoms with Crippen LogP contribution in [0.15, 0.2) is 12.4 Å². The second-order valence-corrected chi connectivity index (χ2v) is 4.39. The zero-order valence-corrected chi connectivity index (χ0v) is 12.2. The lowest BCUT2D eigenvalue weighted by atomic mass is 10.4. The minimum atomic E-state index is 0.249. The van der Waals surface area contributed by atoms with Crippen molar-refractivity contribution in [3.8, 4) is 6.01 Å². The molecule has 4 N–H and O–H groups in total. The quantitative estimate of drug-likeness (QED) is 0.471. The standard InChI is InChI=1S/C12H20N8O/c1-3-8-21-12-17-10(16-11(18-12)19-13)15-5-4-9-14-6-7-20(9)2/h6-7H,3-5,8,13H2,1-2H3,(H2,15,16,17,18,19). The molecule has 0 unspecified atom stereocenters. The molecule has 2 heterocycles. The molecule has 2 rings (SSSR count). The highest BCUT2D eigenvalue weighted by molar-refractivity contribution is 5.34. The molecule has 0 atom stereocenters. The highest BCUT2D eigenvalue weighted by atomic mass is 16.5. The Morgan fingerprint density at radius 2 is 2.10 bits per heavy atom. The van der Waals surface area contributed by atoms with Crippen LogP contribution in [0.25, 0.3) is 0 Å². The van der Waals surface area contributed by atoms with Crippen LogP contribution in [0.4, 0.5) is 11.9 Å². The minimum absolute atomic E-state index is 0.249. The average Bonchev–Trinajstić information content (AvgIpc) is 2.90. The van der Waals surface area contributed by atoms with E-state index in [9.17, 15) is 0 Å². The van der Waals surface area contributed by atoms with Crippen molar-refractivity contribution in [3.63, 3.8) is 0 Å². The largest absolute Gasteiger partial charge is 0.463 e. The van der Waals surface area contributed by atoms with Gasteiger partial charge in [0.05, 0.1) is 6.61 Å². The predicted octanol–water partition coefficient (Wildman–Crippen LogP) is 0.334. The summed E-state index contributed by atoms with van der Waals surface area (Å²) >= 11 is 0. The summed E-state index contributed by atoms with van der Waals surface area (Å²) in [5.74, 6) is 7.00. The minimum Gasteiger partial charge on any atom is -0.463 e. The van der Waals surface area contributed by atoms with Crippen molar-refractivity contribution >= 4 is 11.9 Å². The molecule has 9 heteroatoms. The van der Waals surface area contributed by atoms with Crippen molar-refractivity contribution in [1.29, 1.82) is 0 Å². The van der Waals surface area contributed by atoms with Gasteiger partial charge < -0.3 is 14.6 Å². The molecule has 0 amide bonds. The SMILES string of the molecule is CCCOc1nc(NN)nc(NCCc2nccn2C)n1. The lowest BCUT2D eigenvalue weighted by Crippen LogP contribution is -2.16. The fraction of sp³-hybridized carbons (Fsp3) is 0.500. The van der Waals surface area contributed by atoms with Gasteiger partial charge in [0.15, 0.2) is 0 Å². The zero-order chi connectivity index (χ0) is 15.1. The van der Waals surface area contributed by atoms with Crippen LogP contribution in [0.2, 0.25) is 0 Å². The maximum absolute atomic E-state index is 5.40. The van der Waals surface area contributed by atoms with Crippen LogP contribution in [0.5, 0.6) is 6.01 Å². The van der Waals surface area contributed by atoms with E-state index in [1.165, 1.54) is 0 Å². The molecule has 0 aliphatic carbocycles. The highest BCUT2D eigenvalue weighted by Crippen LogP contribution is 2.10. The molecule has 0 aliphatic heterocycles. The van der Waals surface area contributed by atoms with Crippen LogP contribution in [0, 0.1) is 0 Å². The summed E-state index contributed by atoms with van der Waals surface area (Å²) in [6, 6.07) is 0.249. The summed E-state index contributed by atoms with van der Waals surface area (Å²) in [6.45, 7) is 3.20.